The molecule has 3 rings (SSSR count). The van der Waals surface area contributed by atoms with Gasteiger partial charge in [-0.1, -0.05) is 55.3 Å². The molecule has 0 fully saturated rings. The summed E-state index contributed by atoms with van der Waals surface area (Å²) in [5, 5.41) is 3.11. The smallest absolute Gasteiger partial charge is 0.249 e. The molecule has 1 amide bonds. The first-order valence-electron chi connectivity index (χ1n) is 10.9. The second kappa shape index (κ2) is 9.88. The number of benzene rings is 2. The normalized spacial score (nSPS) is 19.1. The Morgan fingerprint density at radius 3 is 2.34 bits per heavy atom. The molecular weight excluding hydrogens is 424 g/mol. The molecule has 32 heavy (non-hydrogen) atoms. The fourth-order valence-corrected chi connectivity index (χ4v) is 4.22. The number of ether oxygens (including phenoxy) is 1. The molecule has 2 N–H and O–H groups in total. The number of aryl methyl sites for hydroxylation is 1. The first-order valence-corrected chi connectivity index (χ1v) is 12.8. The summed E-state index contributed by atoms with van der Waals surface area (Å²) in [5.74, 6) is 0.536. The molecular formula is C25H32N2O4S. The summed E-state index contributed by atoms with van der Waals surface area (Å²) >= 11 is 0. The predicted molar refractivity (Wildman–Crippen MR) is 128 cm³/mol. The van der Waals surface area contributed by atoms with Crippen molar-refractivity contribution in [3.8, 4) is 5.75 Å². The van der Waals surface area contributed by atoms with Crippen molar-refractivity contribution in [3.05, 3.63) is 70.8 Å². The number of carbonyl (C=O) groups excluding carboxylic acids is 1. The van der Waals surface area contributed by atoms with E-state index in [9.17, 15) is 13.2 Å². The SMILES string of the molecule is CCCCOc1ccc([C@]2(C)CC(c3ccc(C)cc3)=C(CNS(C)(=O)=O)C(=O)N2)cc1. The number of hydrogen-bond acceptors (Lipinski definition) is 4. The van der Waals surface area contributed by atoms with Crippen LogP contribution < -0.4 is 14.8 Å². The number of sulfonamides is 1. The summed E-state index contributed by atoms with van der Waals surface area (Å²) in [4.78, 5) is 13.2. The molecule has 1 atom stereocenters. The van der Waals surface area contributed by atoms with Gasteiger partial charge in [0.2, 0.25) is 15.9 Å². The lowest BCUT2D eigenvalue weighted by molar-refractivity contribution is -0.119. The Kier molecular flexibility index (Phi) is 7.41. The molecule has 2 aromatic carbocycles. The third kappa shape index (κ3) is 5.99. The molecule has 0 saturated carbocycles. The Morgan fingerprint density at radius 2 is 1.75 bits per heavy atom. The van der Waals surface area contributed by atoms with Crippen LogP contribution in [0.1, 0.15) is 49.8 Å². The van der Waals surface area contributed by atoms with Gasteiger partial charge in [-0.2, -0.15) is 0 Å². The fourth-order valence-electron chi connectivity index (χ4n) is 3.82. The van der Waals surface area contributed by atoms with E-state index in [1.54, 1.807) is 0 Å². The lowest BCUT2D eigenvalue weighted by Gasteiger charge is -2.38. The van der Waals surface area contributed by atoms with Gasteiger partial charge in [-0.25, -0.2) is 13.1 Å². The van der Waals surface area contributed by atoms with Crippen LogP contribution in [0.5, 0.6) is 5.75 Å². The number of carbonyl (C=O) groups is 1. The van der Waals surface area contributed by atoms with Crippen LogP contribution in [0.15, 0.2) is 54.1 Å². The number of rotatable bonds is 9. The Hall–Kier alpha value is -2.64. The molecule has 1 heterocycles. The molecule has 6 nitrogen and oxygen atoms in total. The van der Waals surface area contributed by atoms with E-state index in [2.05, 4.69) is 17.0 Å². The van der Waals surface area contributed by atoms with Crippen molar-refractivity contribution in [2.45, 2.75) is 45.6 Å². The molecule has 1 aliphatic rings. The van der Waals surface area contributed by atoms with Gasteiger partial charge in [0.25, 0.3) is 0 Å². The third-order valence-electron chi connectivity index (χ3n) is 5.73. The highest BCUT2D eigenvalue weighted by Crippen LogP contribution is 2.38. The van der Waals surface area contributed by atoms with E-state index < -0.39 is 15.6 Å². The van der Waals surface area contributed by atoms with Gasteiger partial charge in [-0.15, -0.1) is 0 Å². The van der Waals surface area contributed by atoms with E-state index in [1.807, 2.05) is 62.4 Å². The summed E-state index contributed by atoms with van der Waals surface area (Å²) in [5.41, 5.74) is 3.65. The van der Waals surface area contributed by atoms with Crippen LogP contribution in [0.25, 0.3) is 5.57 Å². The highest BCUT2D eigenvalue weighted by Gasteiger charge is 2.37. The predicted octanol–water partition coefficient (Wildman–Crippen LogP) is 3.91. The van der Waals surface area contributed by atoms with Gasteiger partial charge in [-0.3, -0.25) is 4.79 Å². The highest BCUT2D eigenvalue weighted by molar-refractivity contribution is 7.88. The van der Waals surface area contributed by atoms with Gasteiger partial charge >= 0.3 is 0 Å². The molecule has 1 aliphatic heterocycles. The van der Waals surface area contributed by atoms with Crippen molar-refractivity contribution < 1.29 is 17.9 Å². The van der Waals surface area contributed by atoms with Crippen LogP contribution in [0.2, 0.25) is 0 Å². The van der Waals surface area contributed by atoms with Crippen molar-refractivity contribution in [3.63, 3.8) is 0 Å². The molecule has 0 aliphatic carbocycles. The number of hydrogen-bond donors (Lipinski definition) is 2. The number of amides is 1. The molecule has 0 spiro atoms. The molecule has 2 aromatic rings. The van der Waals surface area contributed by atoms with Crippen molar-refractivity contribution in [2.24, 2.45) is 0 Å². The van der Waals surface area contributed by atoms with Crippen molar-refractivity contribution in [1.82, 2.24) is 10.0 Å². The Morgan fingerprint density at radius 1 is 1.09 bits per heavy atom. The second-order valence-electron chi connectivity index (χ2n) is 8.61. The lowest BCUT2D eigenvalue weighted by Crippen LogP contribution is -2.49. The minimum Gasteiger partial charge on any atom is -0.494 e. The number of unbranched alkanes of at least 4 members (excludes halogenated alkanes) is 1. The standard InChI is InChI=1S/C25H32N2O4S/c1-5-6-15-31-21-13-11-20(12-14-21)25(3)16-22(19-9-7-18(2)8-10-19)23(24(28)27-25)17-26-32(4,29)30/h7-14,26H,5-6,15-17H2,1-4H3,(H,27,28)/t25-/m0/s1. The topological polar surface area (TPSA) is 84.5 Å². The summed E-state index contributed by atoms with van der Waals surface area (Å²) in [6.45, 7) is 6.76. The lowest BCUT2D eigenvalue weighted by atomic mass is 9.78. The monoisotopic (exact) mass is 456 g/mol. The van der Waals surface area contributed by atoms with E-state index in [0.29, 0.717) is 18.6 Å². The Balaban J connectivity index is 1.94. The zero-order valence-electron chi connectivity index (χ0n) is 19.2. The third-order valence-corrected chi connectivity index (χ3v) is 6.40. The maximum atomic E-state index is 13.2. The summed E-state index contributed by atoms with van der Waals surface area (Å²) in [6, 6.07) is 15.8. The van der Waals surface area contributed by atoms with Crippen molar-refractivity contribution in [1.29, 1.82) is 0 Å². The Labute approximate surface area is 191 Å². The molecule has 0 radical (unpaired) electrons. The Bertz CT molecular complexity index is 1090. The minimum absolute atomic E-state index is 0.0475. The van der Waals surface area contributed by atoms with Gasteiger partial charge < -0.3 is 10.1 Å². The van der Waals surface area contributed by atoms with Crippen LogP contribution in [-0.4, -0.2) is 33.7 Å². The van der Waals surface area contributed by atoms with Crippen LogP contribution in [0.4, 0.5) is 0 Å². The number of nitrogens with one attached hydrogen (secondary N) is 2. The van der Waals surface area contributed by atoms with E-state index in [4.69, 9.17) is 4.74 Å². The van der Waals surface area contributed by atoms with Crippen molar-refractivity contribution >= 4 is 21.5 Å². The highest BCUT2D eigenvalue weighted by atomic mass is 32.2. The first-order chi connectivity index (χ1) is 15.1. The summed E-state index contributed by atoms with van der Waals surface area (Å²) < 4.78 is 31.6. The van der Waals surface area contributed by atoms with Crippen LogP contribution in [-0.2, 0) is 20.4 Å². The van der Waals surface area contributed by atoms with E-state index in [1.165, 1.54) is 0 Å². The maximum Gasteiger partial charge on any atom is 0.249 e. The summed E-state index contributed by atoms with van der Waals surface area (Å²) in [7, 11) is -3.43. The zero-order chi connectivity index (χ0) is 23.4. The van der Waals surface area contributed by atoms with Gasteiger partial charge in [0.1, 0.15) is 5.75 Å². The van der Waals surface area contributed by atoms with Gasteiger partial charge in [-0.05, 0) is 49.1 Å². The molecule has 0 unspecified atom stereocenters. The van der Waals surface area contributed by atoms with E-state index in [0.717, 1.165) is 47.1 Å². The average Bonchev–Trinajstić information content (AvgIpc) is 2.73. The minimum atomic E-state index is -3.43. The van der Waals surface area contributed by atoms with E-state index >= 15 is 0 Å². The quantitative estimate of drug-likeness (QED) is 0.560. The zero-order valence-corrected chi connectivity index (χ0v) is 20.0. The summed E-state index contributed by atoms with van der Waals surface area (Å²) in [6.07, 6.45) is 3.71. The van der Waals surface area contributed by atoms with Gasteiger partial charge in [0.15, 0.2) is 0 Å². The van der Waals surface area contributed by atoms with Gasteiger partial charge in [0, 0.05) is 18.5 Å². The average molecular weight is 457 g/mol. The second-order valence-corrected chi connectivity index (χ2v) is 10.4. The molecule has 0 saturated heterocycles. The first kappa shape index (κ1) is 24.0. The van der Waals surface area contributed by atoms with Crippen LogP contribution in [0, 0.1) is 6.92 Å². The molecule has 0 aromatic heterocycles. The van der Waals surface area contributed by atoms with Crippen LogP contribution >= 0.6 is 0 Å². The largest absolute Gasteiger partial charge is 0.494 e. The van der Waals surface area contributed by atoms with E-state index in [-0.39, 0.29) is 12.5 Å². The van der Waals surface area contributed by atoms with Crippen LogP contribution in [0.3, 0.4) is 0 Å². The van der Waals surface area contributed by atoms with Crippen molar-refractivity contribution in [2.75, 3.05) is 19.4 Å². The maximum absolute atomic E-state index is 13.2. The fraction of sp³-hybridized carbons (Fsp3) is 0.400. The molecule has 172 valence electrons. The molecule has 0 bridgehead atoms. The molecule has 7 heteroatoms. The van der Waals surface area contributed by atoms with Gasteiger partial charge in [0.05, 0.1) is 18.4 Å².